The minimum Gasteiger partial charge on any atom is -0.487 e. The minimum atomic E-state index is -0.411. The maximum absolute atomic E-state index is 13.2. The Morgan fingerprint density at radius 2 is 2.11 bits per heavy atom. The van der Waals surface area contributed by atoms with Crippen LogP contribution in [0, 0.1) is 11.7 Å². The van der Waals surface area contributed by atoms with Crippen molar-refractivity contribution < 1.29 is 18.7 Å². The fourth-order valence-corrected chi connectivity index (χ4v) is 1.98. The number of esters is 1. The highest BCUT2D eigenvalue weighted by Gasteiger charge is 2.19. The first-order valence-electron chi connectivity index (χ1n) is 6.46. The van der Waals surface area contributed by atoms with Gasteiger partial charge in [0.25, 0.3) is 0 Å². The molecule has 0 saturated heterocycles. The summed E-state index contributed by atoms with van der Waals surface area (Å²) in [5.41, 5.74) is 0. The van der Waals surface area contributed by atoms with Crippen LogP contribution in [-0.4, -0.2) is 19.2 Å². The van der Waals surface area contributed by atoms with Crippen molar-refractivity contribution in [1.29, 1.82) is 0 Å². The summed E-state index contributed by atoms with van der Waals surface area (Å²) in [7, 11) is 0. The summed E-state index contributed by atoms with van der Waals surface area (Å²) < 4.78 is 23.6. The molecule has 0 aliphatic heterocycles. The Morgan fingerprint density at radius 1 is 1.26 bits per heavy atom. The van der Waals surface area contributed by atoms with Gasteiger partial charge in [-0.3, -0.25) is 4.79 Å². The predicted octanol–water partition coefficient (Wildman–Crippen LogP) is 3.10. The molecular weight excluding hydrogens is 247 g/mol. The molecule has 19 heavy (non-hydrogen) atoms. The molecule has 3 nitrogen and oxygen atoms in total. The lowest BCUT2D eigenvalue weighted by atomic mass is 9.95. The molecule has 0 fully saturated rings. The molecule has 4 heteroatoms. The summed E-state index contributed by atoms with van der Waals surface area (Å²) in [4.78, 5) is 11.7. The third kappa shape index (κ3) is 4.09. The van der Waals surface area contributed by atoms with Gasteiger partial charge in [0.15, 0.2) is 11.6 Å². The second-order valence-electron chi connectivity index (χ2n) is 4.43. The number of carbonyl (C=O) groups excluding carboxylic acids is 1. The van der Waals surface area contributed by atoms with Gasteiger partial charge < -0.3 is 9.47 Å². The molecule has 1 unspecified atom stereocenters. The van der Waals surface area contributed by atoms with E-state index in [0.29, 0.717) is 0 Å². The van der Waals surface area contributed by atoms with E-state index in [1.165, 1.54) is 6.07 Å². The van der Waals surface area contributed by atoms with Crippen molar-refractivity contribution in [1.82, 2.24) is 0 Å². The number of ether oxygens (including phenoxy) is 2. The molecule has 0 amide bonds. The summed E-state index contributed by atoms with van der Waals surface area (Å²) in [6, 6.07) is 6.16. The van der Waals surface area contributed by atoms with Gasteiger partial charge in [-0.1, -0.05) is 24.3 Å². The Bertz CT molecular complexity index is 456. The van der Waals surface area contributed by atoms with Crippen LogP contribution in [0.4, 0.5) is 4.39 Å². The van der Waals surface area contributed by atoms with Crippen molar-refractivity contribution in [2.24, 2.45) is 5.92 Å². The number of hydrogen-bond acceptors (Lipinski definition) is 3. The zero-order chi connectivity index (χ0) is 13.5. The largest absolute Gasteiger partial charge is 0.487 e. The van der Waals surface area contributed by atoms with Crippen molar-refractivity contribution in [2.75, 3.05) is 13.2 Å². The maximum atomic E-state index is 13.2. The van der Waals surface area contributed by atoms with Crippen molar-refractivity contribution in [2.45, 2.75) is 19.3 Å². The molecule has 1 aromatic rings. The first kappa shape index (κ1) is 13.6. The molecule has 102 valence electrons. The van der Waals surface area contributed by atoms with Crippen molar-refractivity contribution in [3.63, 3.8) is 0 Å². The molecule has 1 aliphatic rings. The molecule has 2 rings (SSSR count). The van der Waals surface area contributed by atoms with Gasteiger partial charge in [0.1, 0.15) is 13.2 Å². The van der Waals surface area contributed by atoms with Gasteiger partial charge in [0.05, 0.1) is 5.92 Å². The van der Waals surface area contributed by atoms with Gasteiger partial charge in [-0.05, 0) is 31.4 Å². The highest BCUT2D eigenvalue weighted by Crippen LogP contribution is 2.19. The van der Waals surface area contributed by atoms with Gasteiger partial charge >= 0.3 is 5.97 Å². The number of para-hydroxylation sites is 1. The quantitative estimate of drug-likeness (QED) is 0.465. The molecule has 0 saturated carbocycles. The van der Waals surface area contributed by atoms with E-state index in [9.17, 15) is 9.18 Å². The molecule has 0 heterocycles. The number of allylic oxidation sites excluding steroid dienone is 2. The third-order valence-electron chi connectivity index (χ3n) is 3.02. The molecule has 1 aliphatic carbocycles. The topological polar surface area (TPSA) is 35.5 Å². The Hall–Kier alpha value is -1.84. The van der Waals surface area contributed by atoms with E-state index in [1.54, 1.807) is 18.2 Å². The summed E-state index contributed by atoms with van der Waals surface area (Å²) in [6.07, 6.45) is 6.58. The van der Waals surface area contributed by atoms with E-state index in [2.05, 4.69) is 6.08 Å². The van der Waals surface area contributed by atoms with E-state index in [0.717, 1.165) is 19.3 Å². The first-order valence-corrected chi connectivity index (χ1v) is 6.46. The Kier molecular flexibility index (Phi) is 4.95. The van der Waals surface area contributed by atoms with Crippen LogP contribution in [0.25, 0.3) is 0 Å². The second kappa shape index (κ2) is 6.92. The number of benzene rings is 1. The fraction of sp³-hybridized carbons (Fsp3) is 0.400. The average molecular weight is 264 g/mol. The summed E-state index contributed by atoms with van der Waals surface area (Å²) in [6.45, 7) is 0.308. The highest BCUT2D eigenvalue weighted by atomic mass is 19.1. The second-order valence-corrected chi connectivity index (χ2v) is 4.43. The van der Waals surface area contributed by atoms with E-state index in [-0.39, 0.29) is 30.9 Å². The van der Waals surface area contributed by atoms with E-state index in [1.807, 2.05) is 6.08 Å². The zero-order valence-corrected chi connectivity index (χ0v) is 10.7. The molecule has 1 atom stereocenters. The highest BCUT2D eigenvalue weighted by molar-refractivity contribution is 5.72. The SMILES string of the molecule is O=C(OCCOc1ccccc1F)C1CC=CCC1. The van der Waals surface area contributed by atoms with Gasteiger partial charge in [-0.15, -0.1) is 0 Å². The third-order valence-corrected chi connectivity index (χ3v) is 3.02. The van der Waals surface area contributed by atoms with Crippen LogP contribution in [0.2, 0.25) is 0 Å². The molecule has 0 bridgehead atoms. The maximum Gasteiger partial charge on any atom is 0.309 e. The van der Waals surface area contributed by atoms with Crippen LogP contribution in [0.1, 0.15) is 19.3 Å². The Morgan fingerprint density at radius 3 is 2.84 bits per heavy atom. The molecule has 0 spiro atoms. The lowest BCUT2D eigenvalue weighted by Gasteiger charge is -2.16. The van der Waals surface area contributed by atoms with Gasteiger partial charge in [0, 0.05) is 0 Å². The molecule has 0 aromatic heterocycles. The van der Waals surface area contributed by atoms with E-state index >= 15 is 0 Å². The van der Waals surface area contributed by atoms with Crippen LogP contribution < -0.4 is 4.74 Å². The number of halogens is 1. The normalized spacial score (nSPS) is 18.1. The van der Waals surface area contributed by atoms with Crippen LogP contribution in [-0.2, 0) is 9.53 Å². The smallest absolute Gasteiger partial charge is 0.309 e. The summed E-state index contributed by atoms with van der Waals surface area (Å²) in [5, 5.41) is 0. The molecule has 1 aromatic carbocycles. The first-order chi connectivity index (χ1) is 9.27. The monoisotopic (exact) mass is 264 g/mol. The van der Waals surface area contributed by atoms with Crippen molar-refractivity contribution in [3.8, 4) is 5.75 Å². The zero-order valence-electron chi connectivity index (χ0n) is 10.7. The van der Waals surface area contributed by atoms with Crippen molar-refractivity contribution >= 4 is 5.97 Å². The predicted molar refractivity (Wildman–Crippen MR) is 69.3 cm³/mol. The molecule has 0 N–H and O–H groups in total. The van der Waals surface area contributed by atoms with E-state index in [4.69, 9.17) is 9.47 Å². The summed E-state index contributed by atoms with van der Waals surface area (Å²) in [5.74, 6) is -0.467. The van der Waals surface area contributed by atoms with Gasteiger partial charge in [-0.25, -0.2) is 4.39 Å². The fourth-order valence-electron chi connectivity index (χ4n) is 1.98. The Balaban J connectivity index is 1.68. The number of rotatable bonds is 5. The van der Waals surface area contributed by atoms with Crippen molar-refractivity contribution in [3.05, 3.63) is 42.2 Å². The van der Waals surface area contributed by atoms with Gasteiger partial charge in [0.2, 0.25) is 0 Å². The number of carbonyl (C=O) groups is 1. The molecule has 0 radical (unpaired) electrons. The summed E-state index contributed by atoms with van der Waals surface area (Å²) >= 11 is 0. The Labute approximate surface area is 112 Å². The lowest BCUT2D eigenvalue weighted by molar-refractivity contribution is -0.149. The van der Waals surface area contributed by atoms with Crippen LogP contribution in [0.15, 0.2) is 36.4 Å². The molecular formula is C15H17FO3. The van der Waals surface area contributed by atoms with Crippen LogP contribution >= 0.6 is 0 Å². The standard InChI is InChI=1S/C15H17FO3/c16-13-8-4-5-9-14(13)18-10-11-19-15(17)12-6-2-1-3-7-12/h1-2,4-5,8-9,12H,3,6-7,10-11H2. The van der Waals surface area contributed by atoms with Crippen LogP contribution in [0.5, 0.6) is 5.75 Å². The van der Waals surface area contributed by atoms with E-state index < -0.39 is 5.82 Å². The minimum absolute atomic E-state index is 0.0431. The van der Waals surface area contributed by atoms with Crippen LogP contribution in [0.3, 0.4) is 0 Å². The van der Waals surface area contributed by atoms with Gasteiger partial charge in [-0.2, -0.15) is 0 Å². The lowest BCUT2D eigenvalue weighted by Crippen LogP contribution is -2.21. The number of hydrogen-bond donors (Lipinski definition) is 0. The average Bonchev–Trinajstić information content (AvgIpc) is 2.46.